The molecule has 0 bridgehead atoms. The van der Waals surface area contributed by atoms with Crippen molar-refractivity contribution in [3.05, 3.63) is 82.5 Å². The first-order chi connectivity index (χ1) is 13.7. The average molecular weight is 374 g/mol. The Morgan fingerprint density at radius 1 is 1.07 bits per heavy atom. The Bertz CT molecular complexity index is 1180. The fourth-order valence-corrected chi connectivity index (χ4v) is 3.49. The monoisotopic (exact) mass is 374 g/mol. The molecule has 5 nitrogen and oxygen atoms in total. The summed E-state index contributed by atoms with van der Waals surface area (Å²) in [5.74, 6) is 0.425. The largest absolute Gasteiger partial charge is 0.467 e. The third-order valence-corrected chi connectivity index (χ3v) is 5.01. The van der Waals surface area contributed by atoms with Gasteiger partial charge in [0.15, 0.2) is 0 Å². The first-order valence-corrected chi connectivity index (χ1v) is 9.54. The van der Waals surface area contributed by atoms with Gasteiger partial charge in [-0.25, -0.2) is 0 Å². The lowest BCUT2D eigenvalue weighted by molar-refractivity contribution is 0.0727. The van der Waals surface area contributed by atoms with E-state index in [0.29, 0.717) is 24.2 Å². The molecule has 4 aromatic rings. The number of aromatic nitrogens is 1. The molecular weight excluding hydrogens is 352 g/mol. The van der Waals surface area contributed by atoms with Crippen molar-refractivity contribution < 1.29 is 9.21 Å². The molecule has 4 rings (SSSR count). The van der Waals surface area contributed by atoms with Crippen molar-refractivity contribution >= 4 is 27.6 Å². The fourth-order valence-electron chi connectivity index (χ4n) is 3.49. The van der Waals surface area contributed by atoms with Crippen LogP contribution in [-0.4, -0.2) is 22.3 Å². The number of nitrogens with zero attached hydrogens (tertiary/aromatic N) is 1. The summed E-state index contributed by atoms with van der Waals surface area (Å²) in [5, 5.41) is 2.54. The van der Waals surface area contributed by atoms with E-state index in [1.807, 2.05) is 36.4 Å². The zero-order valence-corrected chi connectivity index (χ0v) is 15.8. The lowest BCUT2D eigenvalue weighted by atomic mass is 10.0. The van der Waals surface area contributed by atoms with Gasteiger partial charge in [0, 0.05) is 23.5 Å². The van der Waals surface area contributed by atoms with Crippen molar-refractivity contribution in [1.29, 1.82) is 0 Å². The predicted molar refractivity (Wildman–Crippen MR) is 110 cm³/mol. The number of aromatic amines is 1. The second-order valence-corrected chi connectivity index (χ2v) is 6.90. The van der Waals surface area contributed by atoms with Crippen LogP contribution in [0.1, 0.15) is 35.9 Å². The van der Waals surface area contributed by atoms with Gasteiger partial charge in [0.25, 0.3) is 5.91 Å². The molecule has 2 aromatic heterocycles. The molecule has 0 atom stereocenters. The lowest BCUT2D eigenvalue weighted by Gasteiger charge is -2.21. The predicted octanol–water partition coefficient (Wildman–Crippen LogP) is 4.72. The zero-order chi connectivity index (χ0) is 19.5. The molecule has 0 saturated carbocycles. The Morgan fingerprint density at radius 3 is 2.71 bits per heavy atom. The smallest absolute Gasteiger partial charge is 0.259 e. The average Bonchev–Trinajstić information content (AvgIpc) is 3.24. The highest BCUT2D eigenvalue weighted by atomic mass is 16.3. The molecule has 0 spiro atoms. The summed E-state index contributed by atoms with van der Waals surface area (Å²) in [4.78, 5) is 31.1. The van der Waals surface area contributed by atoms with Gasteiger partial charge in [0.05, 0.1) is 18.3 Å². The van der Waals surface area contributed by atoms with Gasteiger partial charge in [0.2, 0.25) is 5.43 Å². The highest BCUT2D eigenvalue weighted by Crippen LogP contribution is 2.22. The number of furan rings is 1. The SMILES string of the molecule is CCCCN(Cc1ccco1)C(=O)c1c[nH]c2c(ccc3ccccc32)c1=O. The van der Waals surface area contributed by atoms with Crippen molar-refractivity contribution in [2.75, 3.05) is 6.54 Å². The summed E-state index contributed by atoms with van der Waals surface area (Å²) in [5.41, 5.74) is 0.668. The van der Waals surface area contributed by atoms with Crippen LogP contribution in [0, 0.1) is 0 Å². The van der Waals surface area contributed by atoms with Crippen LogP contribution in [0.3, 0.4) is 0 Å². The molecule has 0 aliphatic heterocycles. The molecule has 0 radical (unpaired) electrons. The van der Waals surface area contributed by atoms with Crippen molar-refractivity contribution in [1.82, 2.24) is 9.88 Å². The Balaban J connectivity index is 1.75. The lowest BCUT2D eigenvalue weighted by Crippen LogP contribution is -2.34. The summed E-state index contributed by atoms with van der Waals surface area (Å²) in [7, 11) is 0. The maximum atomic E-state index is 13.2. The molecule has 28 heavy (non-hydrogen) atoms. The summed E-state index contributed by atoms with van der Waals surface area (Å²) < 4.78 is 5.40. The summed E-state index contributed by atoms with van der Waals surface area (Å²) in [6.45, 7) is 3.00. The molecule has 0 saturated heterocycles. The van der Waals surface area contributed by atoms with Crippen molar-refractivity contribution in [3.8, 4) is 0 Å². The summed E-state index contributed by atoms with van der Waals surface area (Å²) in [6, 6.07) is 15.2. The van der Waals surface area contributed by atoms with E-state index in [1.54, 1.807) is 29.5 Å². The summed E-state index contributed by atoms with van der Waals surface area (Å²) >= 11 is 0. The number of hydrogen-bond donors (Lipinski definition) is 1. The van der Waals surface area contributed by atoms with Crippen LogP contribution >= 0.6 is 0 Å². The number of rotatable bonds is 6. The number of hydrogen-bond acceptors (Lipinski definition) is 3. The maximum Gasteiger partial charge on any atom is 0.259 e. The number of benzene rings is 2. The molecule has 0 fully saturated rings. The Kier molecular flexibility index (Phi) is 4.98. The van der Waals surface area contributed by atoms with Crippen LogP contribution in [0.5, 0.6) is 0 Å². The Morgan fingerprint density at radius 2 is 1.93 bits per heavy atom. The normalized spacial score (nSPS) is 11.2. The maximum absolute atomic E-state index is 13.2. The van der Waals surface area contributed by atoms with E-state index in [2.05, 4.69) is 11.9 Å². The van der Waals surface area contributed by atoms with Gasteiger partial charge < -0.3 is 14.3 Å². The number of amides is 1. The molecule has 2 heterocycles. The number of fused-ring (bicyclic) bond motifs is 3. The minimum Gasteiger partial charge on any atom is -0.467 e. The minimum atomic E-state index is -0.277. The van der Waals surface area contributed by atoms with Crippen molar-refractivity contribution in [2.24, 2.45) is 0 Å². The highest BCUT2D eigenvalue weighted by Gasteiger charge is 2.21. The van der Waals surface area contributed by atoms with Gasteiger partial charge in [0.1, 0.15) is 11.3 Å². The standard InChI is InChI=1S/C23H22N2O3/c1-2-3-12-25(15-17-8-6-13-28-17)23(27)20-14-24-21-18-9-5-4-7-16(18)10-11-19(21)22(20)26/h4-11,13-14H,2-3,12,15H2,1H3,(H,24,26). The molecule has 0 unspecified atom stereocenters. The molecule has 1 N–H and O–H groups in total. The van der Waals surface area contributed by atoms with Gasteiger partial charge >= 0.3 is 0 Å². The number of carbonyl (C=O) groups is 1. The van der Waals surface area contributed by atoms with E-state index in [0.717, 1.165) is 29.1 Å². The van der Waals surface area contributed by atoms with E-state index >= 15 is 0 Å². The van der Waals surface area contributed by atoms with E-state index in [1.165, 1.54) is 0 Å². The van der Waals surface area contributed by atoms with Crippen LogP contribution < -0.4 is 5.43 Å². The van der Waals surface area contributed by atoms with E-state index in [4.69, 9.17) is 4.42 Å². The van der Waals surface area contributed by atoms with Gasteiger partial charge in [-0.2, -0.15) is 0 Å². The van der Waals surface area contributed by atoms with Gasteiger partial charge in [-0.05, 0) is 30.0 Å². The van der Waals surface area contributed by atoms with Gasteiger partial charge in [-0.15, -0.1) is 0 Å². The van der Waals surface area contributed by atoms with Gasteiger partial charge in [-0.1, -0.05) is 43.7 Å². The third-order valence-electron chi connectivity index (χ3n) is 5.01. The topological polar surface area (TPSA) is 66.3 Å². The number of nitrogens with one attached hydrogen (secondary N) is 1. The van der Waals surface area contributed by atoms with E-state index < -0.39 is 0 Å². The molecule has 0 aliphatic carbocycles. The first kappa shape index (κ1) is 18.0. The Hall–Kier alpha value is -3.34. The number of H-pyrrole nitrogens is 1. The van der Waals surface area contributed by atoms with E-state index in [9.17, 15) is 9.59 Å². The first-order valence-electron chi connectivity index (χ1n) is 9.54. The van der Waals surface area contributed by atoms with Crippen molar-refractivity contribution in [3.63, 3.8) is 0 Å². The fraction of sp³-hybridized carbons (Fsp3) is 0.217. The Labute approximate surface area is 162 Å². The number of pyridine rings is 1. The third kappa shape index (κ3) is 3.31. The van der Waals surface area contributed by atoms with Crippen LogP contribution in [0.2, 0.25) is 0 Å². The molecule has 142 valence electrons. The van der Waals surface area contributed by atoms with Gasteiger partial charge in [-0.3, -0.25) is 9.59 Å². The molecule has 2 aromatic carbocycles. The quantitative estimate of drug-likeness (QED) is 0.497. The van der Waals surface area contributed by atoms with Crippen LogP contribution in [0.25, 0.3) is 21.7 Å². The highest BCUT2D eigenvalue weighted by molar-refractivity contribution is 6.07. The molecule has 0 aliphatic rings. The zero-order valence-electron chi connectivity index (χ0n) is 15.8. The number of carbonyl (C=O) groups excluding carboxylic acids is 1. The van der Waals surface area contributed by atoms with E-state index in [-0.39, 0.29) is 16.9 Å². The molecular formula is C23H22N2O3. The molecule has 1 amide bonds. The second-order valence-electron chi connectivity index (χ2n) is 6.90. The van der Waals surface area contributed by atoms with Crippen LogP contribution in [0.4, 0.5) is 0 Å². The molecule has 5 heteroatoms. The van der Waals surface area contributed by atoms with Crippen molar-refractivity contribution in [2.45, 2.75) is 26.3 Å². The summed E-state index contributed by atoms with van der Waals surface area (Å²) in [6.07, 6.45) is 4.96. The van der Waals surface area contributed by atoms with Crippen LogP contribution in [-0.2, 0) is 6.54 Å². The number of unbranched alkanes of at least 4 members (excludes halogenated alkanes) is 1. The minimum absolute atomic E-state index is 0.158. The van der Waals surface area contributed by atoms with Crippen LogP contribution in [0.15, 0.2) is 70.2 Å². The second kappa shape index (κ2) is 7.72.